The molecule has 4 nitrogen and oxygen atoms in total. The molecule has 3 aromatic rings. The van der Waals surface area contributed by atoms with Gasteiger partial charge in [-0.2, -0.15) is 5.26 Å². The summed E-state index contributed by atoms with van der Waals surface area (Å²) in [5, 5.41) is 20.6. The van der Waals surface area contributed by atoms with Crippen LogP contribution in [0.5, 0.6) is 0 Å². The molecule has 1 fully saturated rings. The lowest BCUT2D eigenvalue weighted by Crippen LogP contribution is -2.06. The third-order valence-corrected chi connectivity index (χ3v) is 5.74. The molecule has 1 aliphatic rings. The molecule has 0 bridgehead atoms. The lowest BCUT2D eigenvalue weighted by molar-refractivity contribution is 0.178. The van der Waals surface area contributed by atoms with Gasteiger partial charge in [0.2, 0.25) is 0 Å². The first-order chi connectivity index (χ1) is 12.5. The Balaban J connectivity index is 2.01. The van der Waals surface area contributed by atoms with Crippen molar-refractivity contribution in [1.29, 1.82) is 5.26 Å². The Kier molecular flexibility index (Phi) is 3.97. The summed E-state index contributed by atoms with van der Waals surface area (Å²) in [4.78, 5) is 0. The maximum atomic E-state index is 10.0. The molecule has 0 amide bonds. The zero-order valence-electron chi connectivity index (χ0n) is 15.2. The third kappa shape index (κ3) is 2.56. The van der Waals surface area contributed by atoms with Crippen molar-refractivity contribution in [3.8, 4) is 17.2 Å². The van der Waals surface area contributed by atoms with E-state index in [2.05, 4.69) is 29.0 Å². The quantitative estimate of drug-likeness (QED) is 0.673. The third-order valence-electron chi connectivity index (χ3n) is 5.74. The number of rotatable bonds is 2. The highest BCUT2D eigenvalue weighted by molar-refractivity contribution is 5.98. The number of aliphatic hydroxyl groups excluding tert-OH is 1. The van der Waals surface area contributed by atoms with Gasteiger partial charge in [-0.1, -0.05) is 12.1 Å². The second-order valence-corrected chi connectivity index (χ2v) is 7.39. The summed E-state index contributed by atoms with van der Waals surface area (Å²) in [6.45, 7) is 4.01. The highest BCUT2D eigenvalue weighted by atomic mass is 16.3. The van der Waals surface area contributed by atoms with E-state index in [-0.39, 0.29) is 12.1 Å². The normalized spacial score (nSPS) is 19.8. The summed E-state index contributed by atoms with van der Waals surface area (Å²) in [6.07, 6.45) is 4.54. The van der Waals surface area contributed by atoms with Crippen LogP contribution in [-0.2, 0) is 0 Å². The monoisotopic (exact) mass is 345 g/mol. The van der Waals surface area contributed by atoms with Crippen molar-refractivity contribution in [3.63, 3.8) is 0 Å². The molecular formula is C22H23N3O. The number of fused-ring (bicyclic) bond motifs is 1. The molecule has 26 heavy (non-hydrogen) atoms. The van der Waals surface area contributed by atoms with E-state index in [9.17, 15) is 10.4 Å². The molecule has 1 aliphatic carbocycles. The molecule has 0 spiro atoms. The Morgan fingerprint density at radius 3 is 2.69 bits per heavy atom. The minimum absolute atomic E-state index is 0.227. The average Bonchev–Trinajstić information content (AvgIpc) is 3.20. The lowest BCUT2D eigenvalue weighted by Gasteiger charge is -2.14. The zero-order valence-corrected chi connectivity index (χ0v) is 15.2. The van der Waals surface area contributed by atoms with Gasteiger partial charge in [0.25, 0.3) is 0 Å². The van der Waals surface area contributed by atoms with Gasteiger partial charge in [-0.05, 0) is 68.0 Å². The summed E-state index contributed by atoms with van der Waals surface area (Å²) < 4.78 is 2.29. The van der Waals surface area contributed by atoms with Crippen molar-refractivity contribution >= 4 is 16.6 Å². The Morgan fingerprint density at radius 2 is 2.00 bits per heavy atom. The number of anilines is 1. The molecular weight excluding hydrogens is 322 g/mol. The number of aliphatic hydroxyl groups is 1. The molecule has 0 unspecified atom stereocenters. The molecule has 2 atom stereocenters. The molecule has 0 aliphatic heterocycles. The van der Waals surface area contributed by atoms with Crippen molar-refractivity contribution in [3.05, 3.63) is 53.2 Å². The maximum absolute atomic E-state index is 10.0. The first kappa shape index (κ1) is 16.7. The van der Waals surface area contributed by atoms with Gasteiger partial charge in [0, 0.05) is 34.4 Å². The van der Waals surface area contributed by atoms with Crippen LogP contribution in [0.25, 0.3) is 22.0 Å². The van der Waals surface area contributed by atoms with Crippen molar-refractivity contribution < 1.29 is 5.11 Å². The number of aryl methyl sites for hydroxylation is 1. The molecule has 132 valence electrons. The van der Waals surface area contributed by atoms with E-state index < -0.39 is 0 Å². The summed E-state index contributed by atoms with van der Waals surface area (Å²) in [7, 11) is 0. The highest BCUT2D eigenvalue weighted by Gasteiger charge is 2.26. The molecule has 2 aromatic carbocycles. The predicted molar refractivity (Wildman–Crippen MR) is 105 cm³/mol. The van der Waals surface area contributed by atoms with Crippen LogP contribution in [0.2, 0.25) is 0 Å². The maximum Gasteiger partial charge on any atom is 0.0994 e. The van der Waals surface area contributed by atoms with E-state index >= 15 is 0 Å². The van der Waals surface area contributed by atoms with Gasteiger partial charge < -0.3 is 15.4 Å². The van der Waals surface area contributed by atoms with Gasteiger partial charge in [-0.3, -0.25) is 0 Å². The fraction of sp³-hybridized carbons (Fsp3) is 0.318. The van der Waals surface area contributed by atoms with E-state index in [0.29, 0.717) is 5.56 Å². The molecule has 4 heteroatoms. The van der Waals surface area contributed by atoms with E-state index in [0.717, 1.165) is 58.1 Å². The largest absolute Gasteiger partial charge is 0.398 e. The number of nitrogens with zero attached hydrogens (tertiary/aromatic N) is 2. The second kappa shape index (κ2) is 6.19. The number of aromatic nitrogens is 1. The van der Waals surface area contributed by atoms with E-state index in [1.165, 1.54) is 0 Å². The van der Waals surface area contributed by atoms with Crippen LogP contribution in [-0.4, -0.2) is 15.8 Å². The molecule has 0 radical (unpaired) electrons. The van der Waals surface area contributed by atoms with Gasteiger partial charge in [-0.15, -0.1) is 0 Å². The predicted octanol–water partition coefficient (Wildman–Crippen LogP) is 4.46. The van der Waals surface area contributed by atoms with E-state index in [4.69, 9.17) is 5.73 Å². The van der Waals surface area contributed by atoms with Crippen LogP contribution >= 0.6 is 0 Å². The van der Waals surface area contributed by atoms with Crippen molar-refractivity contribution in [2.24, 2.45) is 0 Å². The number of hydrogen-bond donors (Lipinski definition) is 2. The highest BCUT2D eigenvalue weighted by Crippen LogP contribution is 2.40. The minimum Gasteiger partial charge on any atom is -0.398 e. The minimum atomic E-state index is -0.227. The molecule has 0 saturated heterocycles. The average molecular weight is 345 g/mol. The zero-order chi connectivity index (χ0) is 18.4. The van der Waals surface area contributed by atoms with Gasteiger partial charge in [-0.25, -0.2) is 0 Å². The second-order valence-electron chi connectivity index (χ2n) is 7.39. The number of nitrogen functional groups attached to an aromatic ring is 1. The Hall–Kier alpha value is -2.77. The topological polar surface area (TPSA) is 75.0 Å². The molecule has 1 aromatic heterocycles. The van der Waals surface area contributed by atoms with Gasteiger partial charge in [0.15, 0.2) is 0 Å². The number of benzene rings is 2. The van der Waals surface area contributed by atoms with Gasteiger partial charge in [0.1, 0.15) is 0 Å². The summed E-state index contributed by atoms with van der Waals surface area (Å²) in [6, 6.07) is 12.7. The summed E-state index contributed by atoms with van der Waals surface area (Å²) in [5.41, 5.74) is 13.0. The van der Waals surface area contributed by atoms with Gasteiger partial charge >= 0.3 is 0 Å². The Labute approximate surface area is 153 Å². The van der Waals surface area contributed by atoms with Crippen LogP contribution in [0.15, 0.2) is 36.5 Å². The Morgan fingerprint density at radius 1 is 1.19 bits per heavy atom. The molecule has 1 heterocycles. The van der Waals surface area contributed by atoms with Crippen LogP contribution in [0.1, 0.15) is 42.0 Å². The van der Waals surface area contributed by atoms with Crippen molar-refractivity contribution in [2.75, 3.05) is 5.73 Å². The van der Waals surface area contributed by atoms with Crippen LogP contribution in [0, 0.1) is 25.2 Å². The van der Waals surface area contributed by atoms with Crippen molar-refractivity contribution in [1.82, 2.24) is 4.57 Å². The van der Waals surface area contributed by atoms with Gasteiger partial charge in [0.05, 0.1) is 17.7 Å². The lowest BCUT2D eigenvalue weighted by atomic mass is 9.97. The Bertz CT molecular complexity index is 1040. The number of hydrogen-bond acceptors (Lipinski definition) is 3. The van der Waals surface area contributed by atoms with Crippen LogP contribution in [0.3, 0.4) is 0 Å². The number of nitrogens with two attached hydrogens (primary N) is 1. The van der Waals surface area contributed by atoms with Crippen LogP contribution < -0.4 is 5.73 Å². The summed E-state index contributed by atoms with van der Waals surface area (Å²) >= 11 is 0. The molecule has 3 N–H and O–H groups in total. The fourth-order valence-corrected chi connectivity index (χ4v) is 4.17. The SMILES string of the molecule is Cc1cc2c(cc1C#N)c(-c1cccc(N)c1C)cn2[C@H]1CC[C@@H](O)C1. The first-order valence-electron chi connectivity index (χ1n) is 9.08. The smallest absolute Gasteiger partial charge is 0.0994 e. The number of nitriles is 1. The van der Waals surface area contributed by atoms with Crippen LogP contribution in [0.4, 0.5) is 5.69 Å². The van der Waals surface area contributed by atoms with E-state index in [1.54, 1.807) is 0 Å². The molecule has 4 rings (SSSR count). The fourth-order valence-electron chi connectivity index (χ4n) is 4.17. The summed E-state index contributed by atoms with van der Waals surface area (Å²) in [5.74, 6) is 0. The van der Waals surface area contributed by atoms with E-state index in [1.807, 2.05) is 32.0 Å². The van der Waals surface area contributed by atoms with Crippen molar-refractivity contribution in [2.45, 2.75) is 45.3 Å². The standard InChI is InChI=1S/C22H23N3O/c1-13-8-22-19(9-15(13)11-23)20(18-4-3-5-21(24)14(18)2)12-25(22)16-6-7-17(26)10-16/h3-5,8-9,12,16-17,26H,6-7,10,24H2,1-2H3/t16-,17+/m0/s1. The first-order valence-corrected chi connectivity index (χ1v) is 9.08. The molecule has 1 saturated carbocycles.